The van der Waals surface area contributed by atoms with E-state index in [9.17, 15) is 33.9 Å². The van der Waals surface area contributed by atoms with Gasteiger partial charge in [-0.3, -0.25) is 34.8 Å². The summed E-state index contributed by atoms with van der Waals surface area (Å²) >= 11 is 0. The summed E-state index contributed by atoms with van der Waals surface area (Å²) in [6.45, 7) is 3.61. The predicted molar refractivity (Wildman–Crippen MR) is 210 cm³/mol. The first-order chi connectivity index (χ1) is 26.6. The standard InChI is InChI=1S/C37H56N12O7/c1-21(2)30(48-31(51)25(38)10-5-15-43-36(39)40)33(53)45-20-29(50)46-26(11-6-16-44-37(41)42)32(52)47-27(34(54)49-17-7-12-28(49)35(55)56)19-22-13-14-23-8-3-4-9-24(23)18-22/h3-4,8-9,13-14,18,21,25-28,30H,5-7,10-12,15-17,19-20,38H2,1-2H3,(H,45,53)(H,46,50)(H,47,52)(H,48,51)(H,55,56)(H4,39,40,43)(H4,41,42,44)/t25-,26-,27+,28-,30+/m0/s1. The van der Waals surface area contributed by atoms with Gasteiger partial charge in [-0.1, -0.05) is 56.3 Å². The number of nitrogens with zero attached hydrogens (tertiary/aromatic N) is 1. The highest BCUT2D eigenvalue weighted by Gasteiger charge is 2.38. The molecule has 0 bridgehead atoms. The summed E-state index contributed by atoms with van der Waals surface area (Å²) in [5, 5.41) is 42.1. The molecule has 2 aromatic carbocycles. The smallest absolute Gasteiger partial charge is 0.326 e. The molecular weight excluding hydrogens is 724 g/mol. The normalized spacial score (nSPS) is 15.9. The number of carboxylic acids is 1. The molecule has 1 aliphatic rings. The number of nitrogens with one attached hydrogen (secondary N) is 8. The van der Waals surface area contributed by atoms with E-state index in [4.69, 9.17) is 28.0 Å². The van der Waals surface area contributed by atoms with Gasteiger partial charge in [0.1, 0.15) is 24.2 Å². The van der Waals surface area contributed by atoms with Gasteiger partial charge in [-0.15, -0.1) is 0 Å². The van der Waals surface area contributed by atoms with Crippen LogP contribution < -0.4 is 49.1 Å². The lowest BCUT2D eigenvalue weighted by Gasteiger charge is -2.29. The van der Waals surface area contributed by atoms with Crippen molar-refractivity contribution in [3.05, 3.63) is 48.0 Å². The summed E-state index contributed by atoms with van der Waals surface area (Å²) < 4.78 is 0. The van der Waals surface area contributed by atoms with Crippen molar-refractivity contribution in [2.45, 2.75) is 89.0 Å². The number of likely N-dealkylation sites (tertiary alicyclic amines) is 1. The van der Waals surface area contributed by atoms with Crippen molar-refractivity contribution in [3.63, 3.8) is 0 Å². The van der Waals surface area contributed by atoms with Gasteiger partial charge in [-0.2, -0.15) is 0 Å². The Morgan fingerprint density at radius 2 is 1.46 bits per heavy atom. The molecule has 15 N–H and O–H groups in total. The van der Waals surface area contributed by atoms with E-state index in [2.05, 4.69) is 31.9 Å². The Hall–Kier alpha value is -5.98. The van der Waals surface area contributed by atoms with Gasteiger partial charge in [0.15, 0.2) is 11.9 Å². The first-order valence-electron chi connectivity index (χ1n) is 18.7. The second-order valence-electron chi connectivity index (χ2n) is 14.1. The number of nitrogens with two attached hydrogens (primary N) is 3. The van der Waals surface area contributed by atoms with Gasteiger partial charge in [0.25, 0.3) is 0 Å². The topological polar surface area (TPSA) is 324 Å². The number of hydrogen-bond donors (Lipinski definition) is 12. The Kier molecular flexibility index (Phi) is 17.3. The highest BCUT2D eigenvalue weighted by atomic mass is 16.4. The Morgan fingerprint density at radius 3 is 2.09 bits per heavy atom. The van der Waals surface area contributed by atoms with Crippen LogP contribution >= 0.6 is 0 Å². The summed E-state index contributed by atoms with van der Waals surface area (Å²) in [5.74, 6) is -5.24. The fourth-order valence-electron chi connectivity index (χ4n) is 6.35. The third-order valence-corrected chi connectivity index (χ3v) is 9.34. The van der Waals surface area contributed by atoms with Crippen LogP contribution in [0.25, 0.3) is 10.8 Å². The molecule has 1 heterocycles. The number of fused-ring (bicyclic) bond motifs is 1. The SMILES string of the molecule is CC(C)[C@@H](NC(=O)[C@@H](N)CCCNC(=N)N)C(=O)NCC(=O)N[C@@H](CCCNC(=N)N)C(=O)N[C@H](Cc1ccc2ccccc2c1)C(=O)N1CCC[C@H]1C(=O)O. The molecule has 1 aliphatic heterocycles. The molecule has 3 rings (SSSR count). The molecule has 2 aromatic rings. The van der Waals surface area contributed by atoms with Crippen LogP contribution in [0.2, 0.25) is 0 Å². The van der Waals surface area contributed by atoms with Gasteiger partial charge >= 0.3 is 5.97 Å². The highest BCUT2D eigenvalue weighted by Crippen LogP contribution is 2.21. The molecule has 0 saturated carbocycles. The number of guanidine groups is 2. The van der Waals surface area contributed by atoms with Gasteiger partial charge in [0.2, 0.25) is 29.5 Å². The molecular formula is C37H56N12O7. The maximum Gasteiger partial charge on any atom is 0.326 e. The Labute approximate surface area is 325 Å². The molecule has 56 heavy (non-hydrogen) atoms. The van der Waals surface area contributed by atoms with E-state index in [1.165, 1.54) is 4.90 Å². The molecule has 0 spiro atoms. The fraction of sp³-hybridized carbons (Fsp3) is 0.514. The molecule has 19 nitrogen and oxygen atoms in total. The second kappa shape index (κ2) is 21.8. The number of benzene rings is 2. The fourth-order valence-corrected chi connectivity index (χ4v) is 6.35. The lowest BCUT2D eigenvalue weighted by atomic mass is 10.00. The molecule has 306 valence electrons. The van der Waals surface area contributed by atoms with E-state index in [0.717, 1.165) is 16.3 Å². The molecule has 5 atom stereocenters. The number of carbonyl (C=O) groups excluding carboxylic acids is 5. The van der Waals surface area contributed by atoms with E-state index >= 15 is 0 Å². The van der Waals surface area contributed by atoms with E-state index in [1.807, 2.05) is 42.5 Å². The average Bonchev–Trinajstić information content (AvgIpc) is 3.65. The largest absolute Gasteiger partial charge is 0.480 e. The molecule has 0 radical (unpaired) electrons. The van der Waals surface area contributed by atoms with Gasteiger partial charge in [-0.25, -0.2) is 4.79 Å². The quantitative estimate of drug-likeness (QED) is 0.0393. The maximum absolute atomic E-state index is 14.0. The minimum absolute atomic E-state index is 0.0438. The zero-order chi connectivity index (χ0) is 41.4. The van der Waals surface area contributed by atoms with Crippen molar-refractivity contribution in [3.8, 4) is 0 Å². The van der Waals surface area contributed by atoms with Crippen LogP contribution in [0.15, 0.2) is 42.5 Å². The summed E-state index contributed by atoms with van der Waals surface area (Å²) in [7, 11) is 0. The summed E-state index contributed by atoms with van der Waals surface area (Å²) in [4.78, 5) is 80.3. The van der Waals surface area contributed by atoms with Crippen LogP contribution in [0.3, 0.4) is 0 Å². The van der Waals surface area contributed by atoms with Crippen LogP contribution in [0, 0.1) is 16.7 Å². The summed E-state index contributed by atoms with van der Waals surface area (Å²) in [6.07, 6.45) is 1.84. The van der Waals surface area contributed by atoms with Crippen LogP contribution in [0.5, 0.6) is 0 Å². The average molecular weight is 781 g/mol. The number of amides is 5. The molecule has 0 aliphatic carbocycles. The first-order valence-corrected chi connectivity index (χ1v) is 18.7. The molecule has 1 fully saturated rings. The van der Waals surface area contributed by atoms with Crippen LogP contribution in [-0.2, 0) is 35.2 Å². The molecule has 19 heteroatoms. The first kappa shape index (κ1) is 44.4. The van der Waals surface area contributed by atoms with Gasteiger partial charge in [0, 0.05) is 26.1 Å². The highest BCUT2D eigenvalue weighted by molar-refractivity contribution is 5.95. The zero-order valence-electron chi connectivity index (χ0n) is 31.9. The Bertz CT molecular complexity index is 1740. The van der Waals surface area contributed by atoms with Crippen molar-refractivity contribution < 1.29 is 33.9 Å². The van der Waals surface area contributed by atoms with Gasteiger partial charge in [-0.05, 0) is 60.8 Å². The third-order valence-electron chi connectivity index (χ3n) is 9.34. The second-order valence-corrected chi connectivity index (χ2v) is 14.1. The Morgan fingerprint density at radius 1 is 0.821 bits per heavy atom. The van der Waals surface area contributed by atoms with E-state index in [1.54, 1.807) is 13.8 Å². The van der Waals surface area contributed by atoms with E-state index in [-0.39, 0.29) is 63.0 Å². The van der Waals surface area contributed by atoms with Crippen molar-refractivity contribution in [2.75, 3.05) is 26.2 Å². The van der Waals surface area contributed by atoms with Crippen LogP contribution in [0.4, 0.5) is 0 Å². The monoisotopic (exact) mass is 780 g/mol. The van der Waals surface area contributed by atoms with Crippen molar-refractivity contribution >= 4 is 58.2 Å². The molecule has 5 amide bonds. The summed E-state index contributed by atoms with van der Waals surface area (Å²) in [6, 6.07) is 7.87. The maximum atomic E-state index is 14.0. The third kappa shape index (κ3) is 14.0. The van der Waals surface area contributed by atoms with Gasteiger partial charge in [0.05, 0.1) is 12.6 Å². The molecule has 1 saturated heterocycles. The van der Waals surface area contributed by atoms with Crippen molar-refractivity contribution in [1.82, 2.24) is 36.8 Å². The zero-order valence-corrected chi connectivity index (χ0v) is 31.9. The minimum atomic E-state index is -1.20. The number of hydrogen-bond acceptors (Lipinski definition) is 9. The lowest BCUT2D eigenvalue weighted by Crippen LogP contribution is -2.58. The van der Waals surface area contributed by atoms with Crippen LogP contribution in [-0.4, -0.2) is 114 Å². The number of aliphatic carboxylic acids is 1. The van der Waals surface area contributed by atoms with Crippen LogP contribution in [0.1, 0.15) is 57.9 Å². The summed E-state index contributed by atoms with van der Waals surface area (Å²) in [5.41, 5.74) is 17.4. The number of carbonyl (C=O) groups is 6. The van der Waals surface area contributed by atoms with Crippen molar-refractivity contribution in [1.29, 1.82) is 10.8 Å². The minimum Gasteiger partial charge on any atom is -0.480 e. The number of carboxylic acid groups (broad SMARTS) is 1. The van der Waals surface area contributed by atoms with Crippen molar-refractivity contribution in [2.24, 2.45) is 23.1 Å². The lowest BCUT2D eigenvalue weighted by molar-refractivity contribution is -0.149. The van der Waals surface area contributed by atoms with E-state index < -0.39 is 72.3 Å². The number of rotatable bonds is 21. The van der Waals surface area contributed by atoms with Gasteiger partial charge < -0.3 is 59.1 Å². The predicted octanol–water partition coefficient (Wildman–Crippen LogP) is -1.46. The molecule has 0 unspecified atom stereocenters. The van der Waals surface area contributed by atoms with E-state index in [0.29, 0.717) is 19.4 Å². The molecule has 0 aromatic heterocycles. The Balaban J connectivity index is 1.73.